The number of ether oxygens (including phenoxy) is 2. The molecule has 1 aliphatic heterocycles. The van der Waals surface area contributed by atoms with Gasteiger partial charge in [-0.2, -0.15) is 0 Å². The maximum Gasteiger partial charge on any atom is 0.270 e. The van der Waals surface area contributed by atoms with E-state index in [9.17, 15) is 9.59 Å². The first-order valence-corrected chi connectivity index (χ1v) is 9.56. The number of hydrogen-bond acceptors (Lipinski definition) is 5. The Labute approximate surface area is 181 Å². The highest BCUT2D eigenvalue weighted by atomic mass is 79.9. The predicted octanol–water partition coefficient (Wildman–Crippen LogP) is 3.30. The molecular formula is C21H15BrN2O4S. The van der Waals surface area contributed by atoms with Crippen molar-refractivity contribution < 1.29 is 19.1 Å². The second kappa shape index (κ2) is 8.90. The second-order valence-corrected chi connectivity index (χ2v) is 7.11. The van der Waals surface area contributed by atoms with Crippen molar-refractivity contribution in [2.75, 3.05) is 18.6 Å². The van der Waals surface area contributed by atoms with E-state index < -0.39 is 11.8 Å². The SMILES string of the molecule is C#CCOc1c(/C=C2\C(=O)NC(=S)N(c3ccccc3)C2=O)cc(Br)cc1OC. The van der Waals surface area contributed by atoms with E-state index in [0.29, 0.717) is 27.2 Å². The minimum Gasteiger partial charge on any atom is -0.493 e. The van der Waals surface area contributed by atoms with Crippen LogP contribution in [0.5, 0.6) is 11.5 Å². The number of nitrogens with zero attached hydrogens (tertiary/aromatic N) is 1. The molecule has 6 nitrogen and oxygen atoms in total. The van der Waals surface area contributed by atoms with Crippen LogP contribution in [-0.4, -0.2) is 30.6 Å². The normalized spacial score (nSPS) is 15.1. The number of rotatable bonds is 5. The molecular weight excluding hydrogens is 456 g/mol. The van der Waals surface area contributed by atoms with E-state index >= 15 is 0 Å². The van der Waals surface area contributed by atoms with Crippen LogP contribution in [0.25, 0.3) is 6.08 Å². The van der Waals surface area contributed by atoms with Crippen LogP contribution in [0.3, 0.4) is 0 Å². The molecule has 0 radical (unpaired) electrons. The van der Waals surface area contributed by atoms with Crippen LogP contribution in [0, 0.1) is 12.3 Å². The maximum atomic E-state index is 13.1. The van der Waals surface area contributed by atoms with Gasteiger partial charge in [-0.3, -0.25) is 19.8 Å². The molecule has 2 aromatic rings. The number of para-hydroxylation sites is 1. The third-order valence-electron chi connectivity index (χ3n) is 3.98. The molecule has 1 aliphatic rings. The Morgan fingerprint density at radius 2 is 2.00 bits per heavy atom. The Kier molecular flexibility index (Phi) is 6.32. The topological polar surface area (TPSA) is 67.9 Å². The summed E-state index contributed by atoms with van der Waals surface area (Å²) < 4.78 is 11.6. The Bertz CT molecular complexity index is 1060. The van der Waals surface area contributed by atoms with Gasteiger partial charge in [0.2, 0.25) is 0 Å². The van der Waals surface area contributed by atoms with Crippen molar-refractivity contribution in [1.82, 2.24) is 5.32 Å². The summed E-state index contributed by atoms with van der Waals surface area (Å²) in [5.41, 5.74) is 0.892. The number of hydrogen-bond donors (Lipinski definition) is 1. The molecule has 1 heterocycles. The molecule has 0 aliphatic carbocycles. The van der Waals surface area contributed by atoms with Crippen LogP contribution >= 0.6 is 28.1 Å². The highest BCUT2D eigenvalue weighted by Gasteiger charge is 2.34. The number of terminal acetylenes is 1. The molecule has 8 heteroatoms. The second-order valence-electron chi connectivity index (χ2n) is 5.81. The summed E-state index contributed by atoms with van der Waals surface area (Å²) >= 11 is 8.58. The number of nitrogens with one attached hydrogen (secondary N) is 1. The summed E-state index contributed by atoms with van der Waals surface area (Å²) in [7, 11) is 1.48. The first-order valence-electron chi connectivity index (χ1n) is 8.36. The lowest BCUT2D eigenvalue weighted by Gasteiger charge is -2.29. The van der Waals surface area contributed by atoms with E-state index in [4.69, 9.17) is 28.1 Å². The molecule has 0 aromatic heterocycles. The van der Waals surface area contributed by atoms with Crippen molar-refractivity contribution in [1.29, 1.82) is 0 Å². The summed E-state index contributed by atoms with van der Waals surface area (Å²) in [5.74, 6) is 1.95. The lowest BCUT2D eigenvalue weighted by molar-refractivity contribution is -0.122. The van der Waals surface area contributed by atoms with E-state index in [1.165, 1.54) is 18.1 Å². The number of thiocarbonyl (C=S) groups is 1. The average molecular weight is 471 g/mol. The standard InChI is InChI=1S/C21H15BrN2O4S/c1-3-9-28-18-13(10-14(22)12-17(18)27-2)11-16-19(25)23-21(29)24(20(16)26)15-7-5-4-6-8-15/h1,4-8,10-12H,9H2,2H3,(H,23,25,29)/b16-11+. The molecule has 0 unspecified atom stereocenters. The predicted molar refractivity (Wildman–Crippen MR) is 118 cm³/mol. The Balaban J connectivity index is 2.10. The van der Waals surface area contributed by atoms with Gasteiger partial charge in [0.05, 0.1) is 12.8 Å². The summed E-state index contributed by atoms with van der Waals surface area (Å²) in [5, 5.41) is 2.56. The van der Waals surface area contributed by atoms with Crippen LogP contribution in [-0.2, 0) is 9.59 Å². The fourth-order valence-corrected chi connectivity index (χ4v) is 3.48. The largest absolute Gasteiger partial charge is 0.493 e. The number of amides is 2. The third-order valence-corrected chi connectivity index (χ3v) is 4.73. The minimum absolute atomic E-state index is 0.00542. The van der Waals surface area contributed by atoms with Gasteiger partial charge in [-0.05, 0) is 42.6 Å². The highest BCUT2D eigenvalue weighted by molar-refractivity contribution is 9.10. The maximum absolute atomic E-state index is 13.1. The minimum atomic E-state index is -0.603. The zero-order chi connectivity index (χ0) is 21.0. The van der Waals surface area contributed by atoms with Gasteiger partial charge in [-0.25, -0.2) is 0 Å². The number of benzene rings is 2. The van der Waals surface area contributed by atoms with Gasteiger partial charge in [0.25, 0.3) is 11.8 Å². The molecule has 1 saturated heterocycles. The molecule has 1 N–H and O–H groups in total. The van der Waals surface area contributed by atoms with Crippen molar-refractivity contribution >= 4 is 56.8 Å². The zero-order valence-corrected chi connectivity index (χ0v) is 17.7. The van der Waals surface area contributed by atoms with Crippen LogP contribution in [0.2, 0.25) is 0 Å². The summed E-state index contributed by atoms with van der Waals surface area (Å²) in [6.07, 6.45) is 6.72. The molecule has 0 saturated carbocycles. The molecule has 0 bridgehead atoms. The van der Waals surface area contributed by atoms with E-state index in [2.05, 4.69) is 27.2 Å². The van der Waals surface area contributed by atoms with Gasteiger partial charge in [0, 0.05) is 10.0 Å². The average Bonchev–Trinajstić information content (AvgIpc) is 2.70. The monoisotopic (exact) mass is 470 g/mol. The molecule has 0 atom stereocenters. The van der Waals surface area contributed by atoms with Crippen molar-refractivity contribution in [3.8, 4) is 23.8 Å². The van der Waals surface area contributed by atoms with Crippen LogP contribution in [0.4, 0.5) is 5.69 Å². The Hall–Kier alpha value is -3.15. The number of anilines is 1. The van der Waals surface area contributed by atoms with Crippen LogP contribution in [0.1, 0.15) is 5.56 Å². The van der Waals surface area contributed by atoms with Crippen LogP contribution in [0.15, 0.2) is 52.5 Å². The van der Waals surface area contributed by atoms with Gasteiger partial charge in [0.1, 0.15) is 12.2 Å². The van der Waals surface area contributed by atoms with E-state index in [1.807, 2.05) is 6.07 Å². The van der Waals surface area contributed by atoms with Gasteiger partial charge in [-0.15, -0.1) is 6.42 Å². The molecule has 3 rings (SSSR count). The number of carbonyl (C=O) groups excluding carboxylic acids is 2. The molecule has 29 heavy (non-hydrogen) atoms. The molecule has 0 spiro atoms. The van der Waals surface area contributed by atoms with E-state index in [1.54, 1.807) is 36.4 Å². The fourth-order valence-electron chi connectivity index (χ4n) is 2.74. The van der Waals surface area contributed by atoms with Crippen LogP contribution < -0.4 is 19.7 Å². The van der Waals surface area contributed by atoms with Crippen molar-refractivity contribution in [2.24, 2.45) is 0 Å². The lowest BCUT2D eigenvalue weighted by Crippen LogP contribution is -2.54. The molecule has 2 amide bonds. The van der Waals surface area contributed by atoms with Crippen molar-refractivity contribution in [3.63, 3.8) is 0 Å². The van der Waals surface area contributed by atoms with Gasteiger partial charge in [0.15, 0.2) is 16.6 Å². The number of carbonyl (C=O) groups is 2. The molecule has 1 fully saturated rings. The van der Waals surface area contributed by atoms with Crippen molar-refractivity contribution in [3.05, 3.63) is 58.1 Å². The molecule has 2 aromatic carbocycles. The van der Waals surface area contributed by atoms with E-state index in [-0.39, 0.29) is 17.3 Å². The number of methoxy groups -OCH3 is 1. The Morgan fingerprint density at radius 3 is 2.66 bits per heavy atom. The van der Waals surface area contributed by atoms with Crippen molar-refractivity contribution in [2.45, 2.75) is 0 Å². The first-order chi connectivity index (χ1) is 14.0. The summed E-state index contributed by atoms with van der Waals surface area (Å²) in [6, 6.07) is 12.2. The fraction of sp³-hybridized carbons (Fsp3) is 0.0952. The number of halogens is 1. The first kappa shape index (κ1) is 20.6. The quantitative estimate of drug-likeness (QED) is 0.314. The zero-order valence-electron chi connectivity index (χ0n) is 15.3. The lowest BCUT2D eigenvalue weighted by atomic mass is 10.1. The molecule has 146 valence electrons. The smallest absolute Gasteiger partial charge is 0.270 e. The summed E-state index contributed by atoms with van der Waals surface area (Å²) in [6.45, 7) is -0.00542. The highest BCUT2D eigenvalue weighted by Crippen LogP contribution is 2.36. The van der Waals surface area contributed by atoms with Gasteiger partial charge in [-0.1, -0.05) is 40.0 Å². The van der Waals surface area contributed by atoms with Gasteiger partial charge >= 0.3 is 0 Å². The van der Waals surface area contributed by atoms with Gasteiger partial charge < -0.3 is 9.47 Å². The van der Waals surface area contributed by atoms with E-state index in [0.717, 1.165) is 0 Å². The summed E-state index contributed by atoms with van der Waals surface area (Å²) in [4.78, 5) is 26.9. The Morgan fingerprint density at radius 1 is 1.28 bits per heavy atom. The third kappa shape index (κ3) is 4.31.